The predicted octanol–water partition coefficient (Wildman–Crippen LogP) is 3.50. The molecule has 2 unspecified atom stereocenters. The third-order valence-corrected chi connectivity index (χ3v) is 3.72. The zero-order valence-electron chi connectivity index (χ0n) is 11.5. The predicted molar refractivity (Wildman–Crippen MR) is 77.4 cm³/mol. The first-order chi connectivity index (χ1) is 9.29. The number of nitrogens with one attached hydrogen (secondary N) is 1. The maximum Gasteiger partial charge on any atom is 0.416 e. The second kappa shape index (κ2) is 6.66. The van der Waals surface area contributed by atoms with Gasteiger partial charge in [0.1, 0.15) is 0 Å². The lowest BCUT2D eigenvalue weighted by atomic mass is 10.0. The second-order valence-electron chi connectivity index (χ2n) is 5.22. The van der Waals surface area contributed by atoms with Crippen molar-refractivity contribution in [1.29, 1.82) is 0 Å². The van der Waals surface area contributed by atoms with E-state index in [2.05, 4.69) is 5.32 Å². The number of halogens is 4. The first-order valence-corrected chi connectivity index (χ1v) is 6.53. The molecule has 0 bridgehead atoms. The fourth-order valence-electron chi connectivity index (χ4n) is 2.55. The van der Waals surface area contributed by atoms with E-state index in [-0.39, 0.29) is 41.5 Å². The molecule has 0 aromatic heterocycles. The molecule has 0 radical (unpaired) electrons. The van der Waals surface area contributed by atoms with Crippen LogP contribution in [0.25, 0.3) is 0 Å². The van der Waals surface area contributed by atoms with Crippen LogP contribution in [0.2, 0.25) is 0 Å². The molecule has 7 heteroatoms. The Kier molecular flexibility index (Phi) is 5.64. The highest BCUT2D eigenvalue weighted by molar-refractivity contribution is 5.93. The van der Waals surface area contributed by atoms with Gasteiger partial charge in [-0.3, -0.25) is 4.79 Å². The van der Waals surface area contributed by atoms with Gasteiger partial charge in [-0.15, -0.1) is 12.4 Å². The number of carbonyl (C=O) groups is 1. The summed E-state index contributed by atoms with van der Waals surface area (Å²) in [5.41, 5.74) is 5.38. The number of hydrogen-bond donors (Lipinski definition) is 2. The quantitative estimate of drug-likeness (QED) is 0.875. The molecule has 0 spiro atoms. The number of anilines is 1. The SMILES string of the molecule is Cc1ccc(NC(=O)C2CCCC2N)cc1C(F)(F)F.Cl. The van der Waals surface area contributed by atoms with Crippen LogP contribution in [-0.2, 0) is 11.0 Å². The summed E-state index contributed by atoms with van der Waals surface area (Å²) < 4.78 is 38.4. The molecular weight excluding hydrogens is 305 g/mol. The van der Waals surface area contributed by atoms with Crippen molar-refractivity contribution in [2.45, 2.75) is 38.4 Å². The van der Waals surface area contributed by atoms with Crippen molar-refractivity contribution in [3.8, 4) is 0 Å². The fourth-order valence-corrected chi connectivity index (χ4v) is 2.55. The minimum Gasteiger partial charge on any atom is -0.327 e. The van der Waals surface area contributed by atoms with Crippen LogP contribution < -0.4 is 11.1 Å². The Morgan fingerprint density at radius 2 is 2.00 bits per heavy atom. The molecule has 0 aliphatic heterocycles. The maximum absolute atomic E-state index is 12.8. The average molecular weight is 323 g/mol. The highest BCUT2D eigenvalue weighted by Crippen LogP contribution is 2.34. The molecule has 1 amide bonds. The normalized spacial score (nSPS) is 21.8. The molecular formula is C14H18ClF3N2O. The van der Waals surface area contributed by atoms with Crippen molar-refractivity contribution in [3.63, 3.8) is 0 Å². The zero-order valence-corrected chi connectivity index (χ0v) is 12.4. The molecule has 3 N–H and O–H groups in total. The van der Waals surface area contributed by atoms with Gasteiger partial charge in [0.25, 0.3) is 0 Å². The highest BCUT2D eigenvalue weighted by Gasteiger charge is 2.33. The largest absolute Gasteiger partial charge is 0.416 e. The summed E-state index contributed by atoms with van der Waals surface area (Å²) in [6, 6.07) is 3.59. The van der Waals surface area contributed by atoms with Crippen molar-refractivity contribution < 1.29 is 18.0 Å². The van der Waals surface area contributed by atoms with Crippen molar-refractivity contribution in [3.05, 3.63) is 29.3 Å². The Bertz CT molecular complexity index is 519. The third kappa shape index (κ3) is 4.11. The molecule has 1 aliphatic carbocycles. The number of nitrogens with two attached hydrogens (primary N) is 1. The summed E-state index contributed by atoms with van der Waals surface area (Å²) in [4.78, 5) is 12.0. The first kappa shape index (κ1) is 17.8. The number of hydrogen-bond acceptors (Lipinski definition) is 2. The van der Waals surface area contributed by atoms with Gasteiger partial charge in [0, 0.05) is 11.7 Å². The molecule has 1 aliphatic rings. The Morgan fingerprint density at radius 1 is 1.33 bits per heavy atom. The van der Waals surface area contributed by atoms with Gasteiger partial charge in [-0.25, -0.2) is 0 Å². The summed E-state index contributed by atoms with van der Waals surface area (Å²) in [5.74, 6) is -0.613. The van der Waals surface area contributed by atoms with Crippen molar-refractivity contribution >= 4 is 24.0 Å². The van der Waals surface area contributed by atoms with Crippen LogP contribution in [0.5, 0.6) is 0 Å². The smallest absolute Gasteiger partial charge is 0.327 e. The highest BCUT2D eigenvalue weighted by atomic mass is 35.5. The van der Waals surface area contributed by atoms with E-state index in [1.165, 1.54) is 19.1 Å². The molecule has 3 nitrogen and oxygen atoms in total. The molecule has 1 aromatic carbocycles. The first-order valence-electron chi connectivity index (χ1n) is 6.53. The van der Waals surface area contributed by atoms with Gasteiger partial charge in [-0.1, -0.05) is 12.5 Å². The Morgan fingerprint density at radius 3 is 2.52 bits per heavy atom. The topological polar surface area (TPSA) is 55.1 Å². The summed E-state index contributed by atoms with van der Waals surface area (Å²) in [7, 11) is 0. The Balaban J connectivity index is 0.00000220. The van der Waals surface area contributed by atoms with E-state index >= 15 is 0 Å². The molecule has 21 heavy (non-hydrogen) atoms. The van der Waals surface area contributed by atoms with E-state index in [0.29, 0.717) is 6.42 Å². The molecule has 2 rings (SSSR count). The summed E-state index contributed by atoms with van der Waals surface area (Å²) in [6.07, 6.45) is -2.08. The average Bonchev–Trinajstić information content (AvgIpc) is 2.76. The van der Waals surface area contributed by atoms with Gasteiger partial charge in [0.05, 0.1) is 11.5 Å². The van der Waals surface area contributed by atoms with Crippen LogP contribution in [0.3, 0.4) is 0 Å². The lowest BCUT2D eigenvalue weighted by Gasteiger charge is -2.17. The van der Waals surface area contributed by atoms with Gasteiger partial charge in [0.2, 0.25) is 5.91 Å². The van der Waals surface area contributed by atoms with Gasteiger partial charge in [-0.2, -0.15) is 13.2 Å². The number of amides is 1. The van der Waals surface area contributed by atoms with Crippen LogP contribution in [-0.4, -0.2) is 11.9 Å². The molecule has 1 saturated carbocycles. The summed E-state index contributed by atoms with van der Waals surface area (Å²) >= 11 is 0. The minimum atomic E-state index is -4.42. The van der Waals surface area contributed by atoms with Crippen LogP contribution in [0.15, 0.2) is 18.2 Å². The van der Waals surface area contributed by atoms with E-state index < -0.39 is 11.7 Å². The van der Waals surface area contributed by atoms with E-state index in [9.17, 15) is 18.0 Å². The number of carbonyl (C=O) groups excluding carboxylic acids is 1. The van der Waals surface area contributed by atoms with Gasteiger partial charge < -0.3 is 11.1 Å². The van der Waals surface area contributed by atoms with Crippen LogP contribution in [0.1, 0.15) is 30.4 Å². The molecule has 1 fully saturated rings. The van der Waals surface area contributed by atoms with Crippen LogP contribution in [0.4, 0.5) is 18.9 Å². The van der Waals surface area contributed by atoms with E-state index in [4.69, 9.17) is 5.73 Å². The second-order valence-corrected chi connectivity index (χ2v) is 5.22. The Labute approximate surface area is 127 Å². The van der Waals surface area contributed by atoms with Crippen molar-refractivity contribution in [1.82, 2.24) is 0 Å². The number of benzene rings is 1. The number of rotatable bonds is 2. The van der Waals surface area contributed by atoms with E-state index in [0.717, 1.165) is 18.9 Å². The van der Waals surface area contributed by atoms with Gasteiger partial charge >= 0.3 is 6.18 Å². The molecule has 2 atom stereocenters. The number of aryl methyl sites for hydroxylation is 1. The fraction of sp³-hybridized carbons (Fsp3) is 0.500. The lowest BCUT2D eigenvalue weighted by molar-refractivity contribution is -0.138. The van der Waals surface area contributed by atoms with E-state index in [1.807, 2.05) is 0 Å². The number of alkyl halides is 3. The van der Waals surface area contributed by atoms with Crippen molar-refractivity contribution in [2.75, 3.05) is 5.32 Å². The third-order valence-electron chi connectivity index (χ3n) is 3.72. The van der Waals surface area contributed by atoms with Gasteiger partial charge in [-0.05, 0) is 37.5 Å². The van der Waals surface area contributed by atoms with Gasteiger partial charge in [0.15, 0.2) is 0 Å². The van der Waals surface area contributed by atoms with Crippen LogP contribution in [0, 0.1) is 12.8 Å². The van der Waals surface area contributed by atoms with E-state index in [1.54, 1.807) is 0 Å². The lowest BCUT2D eigenvalue weighted by Crippen LogP contribution is -2.34. The minimum absolute atomic E-state index is 0. The maximum atomic E-state index is 12.8. The molecule has 0 heterocycles. The zero-order chi connectivity index (χ0) is 14.9. The van der Waals surface area contributed by atoms with Crippen LogP contribution >= 0.6 is 12.4 Å². The Hall–Kier alpha value is -1.27. The summed E-state index contributed by atoms with van der Waals surface area (Å²) in [6.45, 7) is 1.39. The molecule has 118 valence electrons. The monoisotopic (exact) mass is 322 g/mol. The summed E-state index contributed by atoms with van der Waals surface area (Å²) in [5, 5.41) is 2.54. The molecule has 1 aromatic rings. The molecule has 0 saturated heterocycles. The standard InChI is InChI=1S/C14H17F3N2O.ClH/c1-8-5-6-9(7-11(8)14(15,16)17)19-13(20)10-3-2-4-12(10)18;/h5-7,10,12H,2-4,18H2,1H3,(H,19,20);1H. The van der Waals surface area contributed by atoms with Crippen molar-refractivity contribution in [2.24, 2.45) is 11.7 Å².